The second-order valence-electron chi connectivity index (χ2n) is 8.60. The summed E-state index contributed by atoms with van der Waals surface area (Å²) in [6.07, 6.45) is 3.08. The van der Waals surface area contributed by atoms with Crippen LogP contribution in [0.5, 0.6) is 5.75 Å². The van der Waals surface area contributed by atoms with Gasteiger partial charge in [-0.15, -0.1) is 0 Å². The largest absolute Gasteiger partial charge is 0.506 e. The summed E-state index contributed by atoms with van der Waals surface area (Å²) in [4.78, 5) is 26.8. The fraction of sp³-hybridized carbons (Fsp3) is 0.579. The van der Waals surface area contributed by atoms with Crippen LogP contribution in [-0.2, 0) is 9.53 Å². The number of hydrogen-bond donors (Lipinski definition) is 1. The minimum absolute atomic E-state index is 0.0207. The molecule has 1 aromatic rings. The van der Waals surface area contributed by atoms with Gasteiger partial charge in [0, 0.05) is 17.1 Å². The Hall–Kier alpha value is -1.08. The molecule has 2 fully saturated rings. The number of carbonyl (C=O) groups excluding carboxylic acids is 2. The van der Waals surface area contributed by atoms with Crippen molar-refractivity contribution in [3.05, 3.63) is 26.6 Å². The Balaban J connectivity index is 1.66. The highest BCUT2D eigenvalue weighted by atomic mass is 79.9. The highest BCUT2D eigenvalue weighted by Crippen LogP contribution is 2.52. The maximum absolute atomic E-state index is 12.7. The first-order valence-electron chi connectivity index (χ1n) is 8.64. The summed E-state index contributed by atoms with van der Waals surface area (Å²) < 4.78 is 6.21. The molecule has 3 rings (SSSR count). The zero-order valence-corrected chi connectivity index (χ0v) is 18.3. The van der Waals surface area contributed by atoms with E-state index in [4.69, 9.17) is 4.74 Å². The standard InChI is InChI=1S/C19H23Br2NO4/c1-18(2)6-12-7-19(3,9-18)10-22(12)15(23)8-26-17(25)13-4-11(20)5-14(21)16(13)24/h4-5,12,24H,6-10H2,1-3H3. The first-order valence-corrected chi connectivity index (χ1v) is 10.2. The molecule has 26 heavy (non-hydrogen) atoms. The maximum atomic E-state index is 12.7. The van der Waals surface area contributed by atoms with E-state index in [9.17, 15) is 14.7 Å². The minimum atomic E-state index is -0.716. The molecule has 1 amide bonds. The molecule has 0 aromatic heterocycles. The number of carbonyl (C=O) groups is 2. The van der Waals surface area contributed by atoms with Crippen molar-refractivity contribution in [1.82, 2.24) is 4.90 Å². The van der Waals surface area contributed by atoms with Gasteiger partial charge in [0.05, 0.1) is 4.47 Å². The Labute approximate surface area is 170 Å². The first-order chi connectivity index (χ1) is 12.0. The van der Waals surface area contributed by atoms with E-state index in [0.29, 0.717) is 15.5 Å². The number of fused-ring (bicyclic) bond motifs is 2. The SMILES string of the molecule is CC1(C)CC2CC(C)(CN2C(=O)COC(=O)c2cc(Br)cc(Br)c2O)C1. The number of halogens is 2. The molecule has 1 saturated carbocycles. The third-order valence-electron chi connectivity index (χ3n) is 5.31. The Morgan fingerprint density at radius 1 is 1.27 bits per heavy atom. The van der Waals surface area contributed by atoms with Crippen molar-refractivity contribution >= 4 is 43.7 Å². The molecule has 142 valence electrons. The summed E-state index contributed by atoms with van der Waals surface area (Å²) in [5.74, 6) is -1.08. The van der Waals surface area contributed by atoms with Gasteiger partial charge in [0.1, 0.15) is 11.3 Å². The number of esters is 1. The van der Waals surface area contributed by atoms with Crippen LogP contribution < -0.4 is 0 Å². The monoisotopic (exact) mass is 487 g/mol. The molecule has 1 N–H and O–H groups in total. The molecule has 5 nitrogen and oxygen atoms in total. The molecule has 1 heterocycles. The van der Waals surface area contributed by atoms with E-state index in [-0.39, 0.29) is 40.7 Å². The molecule has 2 unspecified atom stereocenters. The average molecular weight is 489 g/mol. The zero-order chi connectivity index (χ0) is 19.3. The van der Waals surface area contributed by atoms with E-state index >= 15 is 0 Å². The predicted octanol–water partition coefficient (Wildman–Crippen LogP) is 4.50. The number of ether oxygens (including phenoxy) is 1. The molecule has 2 bridgehead atoms. The number of phenols is 1. The van der Waals surface area contributed by atoms with Gasteiger partial charge in [-0.1, -0.05) is 36.7 Å². The average Bonchev–Trinajstić information content (AvgIpc) is 2.77. The third kappa shape index (κ3) is 3.93. The van der Waals surface area contributed by atoms with Gasteiger partial charge in [0.15, 0.2) is 6.61 Å². The number of aromatic hydroxyl groups is 1. The predicted molar refractivity (Wildman–Crippen MR) is 105 cm³/mol. The molecule has 0 radical (unpaired) electrons. The van der Waals surface area contributed by atoms with Gasteiger partial charge < -0.3 is 14.7 Å². The van der Waals surface area contributed by atoms with E-state index in [1.54, 1.807) is 6.07 Å². The Bertz CT molecular complexity index is 764. The number of hydrogen-bond acceptors (Lipinski definition) is 4. The summed E-state index contributed by atoms with van der Waals surface area (Å²) in [6, 6.07) is 3.31. The summed E-state index contributed by atoms with van der Waals surface area (Å²) in [5.41, 5.74) is 0.379. The molecule has 0 spiro atoms. The zero-order valence-electron chi connectivity index (χ0n) is 15.1. The second-order valence-corrected chi connectivity index (χ2v) is 10.4. The van der Waals surface area contributed by atoms with E-state index < -0.39 is 5.97 Å². The van der Waals surface area contributed by atoms with Crippen molar-refractivity contribution in [2.24, 2.45) is 10.8 Å². The Kier molecular flexibility index (Phi) is 5.16. The number of benzene rings is 1. The summed E-state index contributed by atoms with van der Waals surface area (Å²) in [6.45, 7) is 7.14. The summed E-state index contributed by atoms with van der Waals surface area (Å²) in [5, 5.41) is 10.0. The van der Waals surface area contributed by atoms with Crippen molar-refractivity contribution < 1.29 is 19.4 Å². The van der Waals surface area contributed by atoms with E-state index in [0.717, 1.165) is 19.3 Å². The highest BCUT2D eigenvalue weighted by molar-refractivity contribution is 9.11. The van der Waals surface area contributed by atoms with Gasteiger partial charge in [-0.2, -0.15) is 0 Å². The van der Waals surface area contributed by atoms with Crippen molar-refractivity contribution in [2.75, 3.05) is 13.2 Å². The van der Waals surface area contributed by atoms with Crippen molar-refractivity contribution in [1.29, 1.82) is 0 Å². The lowest BCUT2D eigenvalue weighted by Crippen LogP contribution is -2.39. The molecule has 1 saturated heterocycles. The second kappa shape index (κ2) is 6.82. The lowest BCUT2D eigenvalue weighted by molar-refractivity contribution is -0.135. The van der Waals surface area contributed by atoms with E-state index in [1.807, 2.05) is 4.90 Å². The number of nitrogens with zero attached hydrogens (tertiary/aromatic N) is 1. The molecule has 1 aliphatic heterocycles. The van der Waals surface area contributed by atoms with E-state index in [1.165, 1.54) is 6.07 Å². The molecule has 1 aromatic carbocycles. The van der Waals surface area contributed by atoms with Crippen LogP contribution in [0.3, 0.4) is 0 Å². The van der Waals surface area contributed by atoms with Gasteiger partial charge in [-0.05, 0) is 58.2 Å². The van der Waals surface area contributed by atoms with Crippen LogP contribution >= 0.6 is 31.9 Å². The number of phenolic OH excluding ortho intramolecular Hbond substituents is 1. The Morgan fingerprint density at radius 3 is 2.65 bits per heavy atom. The Morgan fingerprint density at radius 2 is 1.96 bits per heavy atom. The fourth-order valence-corrected chi connectivity index (χ4v) is 5.99. The lowest BCUT2D eigenvalue weighted by Gasteiger charge is -2.39. The van der Waals surface area contributed by atoms with Crippen LogP contribution in [0, 0.1) is 10.8 Å². The smallest absolute Gasteiger partial charge is 0.342 e. The highest BCUT2D eigenvalue weighted by Gasteiger charge is 2.50. The number of likely N-dealkylation sites (tertiary alicyclic amines) is 1. The summed E-state index contributed by atoms with van der Waals surface area (Å²) in [7, 11) is 0. The van der Waals surface area contributed by atoms with Crippen LogP contribution in [0.4, 0.5) is 0 Å². The van der Waals surface area contributed by atoms with Gasteiger partial charge in [0.2, 0.25) is 0 Å². The van der Waals surface area contributed by atoms with Gasteiger partial charge in [-0.25, -0.2) is 4.79 Å². The molecule has 1 aliphatic carbocycles. The first kappa shape index (κ1) is 19.7. The molecular formula is C19H23Br2NO4. The number of amides is 1. The minimum Gasteiger partial charge on any atom is -0.506 e. The maximum Gasteiger partial charge on any atom is 0.342 e. The van der Waals surface area contributed by atoms with Crippen LogP contribution in [0.1, 0.15) is 50.4 Å². The van der Waals surface area contributed by atoms with Gasteiger partial charge in [-0.3, -0.25) is 4.79 Å². The number of rotatable bonds is 3. The van der Waals surface area contributed by atoms with E-state index in [2.05, 4.69) is 52.6 Å². The van der Waals surface area contributed by atoms with Gasteiger partial charge in [0.25, 0.3) is 5.91 Å². The van der Waals surface area contributed by atoms with Crippen LogP contribution in [0.15, 0.2) is 21.1 Å². The topological polar surface area (TPSA) is 66.8 Å². The van der Waals surface area contributed by atoms with Crippen LogP contribution in [0.25, 0.3) is 0 Å². The van der Waals surface area contributed by atoms with Crippen molar-refractivity contribution in [3.8, 4) is 5.75 Å². The summed E-state index contributed by atoms with van der Waals surface area (Å²) >= 11 is 6.46. The van der Waals surface area contributed by atoms with Crippen molar-refractivity contribution in [2.45, 2.75) is 46.1 Å². The molecule has 7 heteroatoms. The quantitative estimate of drug-likeness (QED) is 0.636. The van der Waals surface area contributed by atoms with Gasteiger partial charge >= 0.3 is 5.97 Å². The van der Waals surface area contributed by atoms with Crippen LogP contribution in [-0.4, -0.2) is 41.1 Å². The molecule has 2 aliphatic rings. The lowest BCUT2D eigenvalue weighted by atomic mass is 9.65. The molecule has 2 atom stereocenters. The third-order valence-corrected chi connectivity index (χ3v) is 6.37. The fourth-order valence-electron chi connectivity index (χ4n) is 4.76. The molecular weight excluding hydrogens is 466 g/mol. The van der Waals surface area contributed by atoms with Crippen molar-refractivity contribution in [3.63, 3.8) is 0 Å². The normalized spacial score (nSPS) is 26.7. The van der Waals surface area contributed by atoms with Crippen LogP contribution in [0.2, 0.25) is 0 Å².